The third-order valence-electron chi connectivity index (χ3n) is 2.17. The highest BCUT2D eigenvalue weighted by Gasteiger charge is 2.08. The van der Waals surface area contributed by atoms with Crippen molar-refractivity contribution in [3.05, 3.63) is 34.1 Å². The van der Waals surface area contributed by atoms with Crippen LogP contribution in [0.4, 0.5) is 11.7 Å². The second kappa shape index (κ2) is 6.04. The molecule has 0 unspecified atom stereocenters. The third-order valence-corrected chi connectivity index (χ3v) is 2.71. The molecule has 0 spiro atoms. The van der Waals surface area contributed by atoms with E-state index in [2.05, 4.69) is 20.8 Å². The second-order valence-electron chi connectivity index (χ2n) is 3.53. The first-order valence-corrected chi connectivity index (χ1v) is 6.20. The number of halogens is 2. The number of hydrogen-bond acceptors (Lipinski definition) is 5. The van der Waals surface area contributed by atoms with Crippen LogP contribution < -0.4 is 10.6 Å². The van der Waals surface area contributed by atoms with Crippen LogP contribution in [-0.4, -0.2) is 16.7 Å². The predicted octanol–water partition coefficient (Wildman–Crippen LogP) is 3.23. The van der Waals surface area contributed by atoms with Crippen molar-refractivity contribution in [3.63, 3.8) is 0 Å². The summed E-state index contributed by atoms with van der Waals surface area (Å²) in [6.45, 7) is 3.39. The number of nitrogens with one attached hydrogen (secondary N) is 2. The number of nitrogens with zero attached hydrogens (tertiary/aromatic N) is 2. The molecule has 0 fully saturated rings. The van der Waals surface area contributed by atoms with Gasteiger partial charge >= 0.3 is 6.01 Å². The standard InChI is InChI=1S/C11H12Cl2N4O/c1-2-14-6-10-16-17-11(18-10)15-9-4-3-7(12)5-8(9)13/h3-5,14H,2,6H2,1H3,(H,15,17). The zero-order valence-corrected chi connectivity index (χ0v) is 11.2. The molecule has 0 aliphatic carbocycles. The van der Waals surface area contributed by atoms with Gasteiger partial charge in [-0.2, -0.15) is 0 Å². The summed E-state index contributed by atoms with van der Waals surface area (Å²) in [5.41, 5.74) is 0.666. The average Bonchev–Trinajstić information content (AvgIpc) is 2.78. The van der Waals surface area contributed by atoms with Crippen molar-refractivity contribution in [2.45, 2.75) is 13.5 Å². The van der Waals surface area contributed by atoms with Gasteiger partial charge in [0.25, 0.3) is 0 Å². The summed E-state index contributed by atoms with van der Waals surface area (Å²) in [6, 6.07) is 5.42. The zero-order chi connectivity index (χ0) is 13.0. The lowest BCUT2D eigenvalue weighted by Crippen LogP contribution is -2.11. The lowest BCUT2D eigenvalue weighted by molar-refractivity contribution is 0.484. The maximum Gasteiger partial charge on any atom is 0.320 e. The van der Waals surface area contributed by atoms with Gasteiger partial charge in [-0.3, -0.25) is 0 Å². The molecule has 1 aromatic heterocycles. The number of rotatable bonds is 5. The molecular weight excluding hydrogens is 275 g/mol. The summed E-state index contributed by atoms with van der Waals surface area (Å²) in [6.07, 6.45) is 0. The minimum absolute atomic E-state index is 0.298. The third kappa shape index (κ3) is 3.35. The fraction of sp³-hybridized carbons (Fsp3) is 0.273. The van der Waals surface area contributed by atoms with Gasteiger partial charge in [-0.15, -0.1) is 5.10 Å². The molecule has 18 heavy (non-hydrogen) atoms. The Labute approximate surface area is 114 Å². The molecule has 2 N–H and O–H groups in total. The van der Waals surface area contributed by atoms with Crippen LogP contribution in [0.2, 0.25) is 10.0 Å². The first-order chi connectivity index (χ1) is 8.69. The molecule has 1 aromatic carbocycles. The maximum atomic E-state index is 6.02. The van der Waals surface area contributed by atoms with Gasteiger partial charge in [0, 0.05) is 5.02 Å². The zero-order valence-electron chi connectivity index (χ0n) is 9.70. The molecule has 0 saturated carbocycles. The van der Waals surface area contributed by atoms with Crippen LogP contribution in [0, 0.1) is 0 Å². The highest BCUT2D eigenvalue weighted by Crippen LogP contribution is 2.27. The van der Waals surface area contributed by atoms with E-state index >= 15 is 0 Å². The van der Waals surface area contributed by atoms with E-state index in [1.54, 1.807) is 18.2 Å². The fourth-order valence-electron chi connectivity index (χ4n) is 1.31. The van der Waals surface area contributed by atoms with Crippen molar-refractivity contribution >= 4 is 34.9 Å². The Bertz CT molecular complexity index is 530. The van der Waals surface area contributed by atoms with Crippen molar-refractivity contribution in [2.24, 2.45) is 0 Å². The van der Waals surface area contributed by atoms with E-state index in [-0.39, 0.29) is 0 Å². The van der Waals surface area contributed by atoms with Gasteiger partial charge in [0.1, 0.15) is 0 Å². The smallest absolute Gasteiger partial charge is 0.320 e. The van der Waals surface area contributed by atoms with Crippen molar-refractivity contribution in [3.8, 4) is 0 Å². The Balaban J connectivity index is 2.06. The van der Waals surface area contributed by atoms with Crippen LogP contribution in [-0.2, 0) is 6.54 Å². The molecule has 96 valence electrons. The van der Waals surface area contributed by atoms with E-state index in [0.717, 1.165) is 6.54 Å². The van der Waals surface area contributed by atoms with Gasteiger partial charge < -0.3 is 15.1 Å². The van der Waals surface area contributed by atoms with E-state index < -0.39 is 0 Å². The molecule has 0 atom stereocenters. The largest absolute Gasteiger partial charge is 0.406 e. The lowest BCUT2D eigenvalue weighted by atomic mass is 10.3. The Morgan fingerprint density at radius 3 is 2.83 bits per heavy atom. The molecule has 7 heteroatoms. The van der Waals surface area contributed by atoms with Crippen LogP contribution in [0.15, 0.2) is 22.6 Å². The van der Waals surface area contributed by atoms with Crippen LogP contribution in [0.5, 0.6) is 0 Å². The first-order valence-electron chi connectivity index (χ1n) is 5.44. The Morgan fingerprint density at radius 2 is 2.11 bits per heavy atom. The van der Waals surface area contributed by atoms with E-state index in [0.29, 0.717) is 34.2 Å². The van der Waals surface area contributed by atoms with Crippen molar-refractivity contribution in [2.75, 3.05) is 11.9 Å². The van der Waals surface area contributed by atoms with Crippen molar-refractivity contribution in [1.29, 1.82) is 0 Å². The van der Waals surface area contributed by atoms with Gasteiger partial charge in [-0.05, 0) is 24.7 Å². The molecular formula is C11H12Cl2N4O. The van der Waals surface area contributed by atoms with Gasteiger partial charge in [-0.25, -0.2) is 0 Å². The molecule has 0 saturated heterocycles. The van der Waals surface area contributed by atoms with Gasteiger partial charge in [0.2, 0.25) is 5.89 Å². The lowest BCUT2D eigenvalue weighted by Gasteiger charge is -2.03. The SMILES string of the molecule is CCNCc1nnc(Nc2ccc(Cl)cc2Cl)o1. The predicted molar refractivity (Wildman–Crippen MR) is 71.4 cm³/mol. The molecule has 0 aliphatic rings. The maximum absolute atomic E-state index is 6.02. The monoisotopic (exact) mass is 286 g/mol. The average molecular weight is 287 g/mol. The summed E-state index contributed by atoms with van der Waals surface area (Å²) >= 11 is 11.8. The summed E-state index contributed by atoms with van der Waals surface area (Å²) in [4.78, 5) is 0. The van der Waals surface area contributed by atoms with Gasteiger partial charge in [0.05, 0.1) is 17.3 Å². The van der Waals surface area contributed by atoms with Crippen molar-refractivity contribution < 1.29 is 4.42 Å². The molecule has 0 bridgehead atoms. The summed E-state index contributed by atoms with van der Waals surface area (Å²) in [5.74, 6) is 0.518. The van der Waals surface area contributed by atoms with E-state index in [1.807, 2.05) is 6.92 Å². The first kappa shape index (κ1) is 13.1. The number of hydrogen-bond donors (Lipinski definition) is 2. The summed E-state index contributed by atoms with van der Waals surface area (Å²) in [7, 11) is 0. The highest BCUT2D eigenvalue weighted by molar-refractivity contribution is 6.36. The van der Waals surface area contributed by atoms with Crippen LogP contribution >= 0.6 is 23.2 Å². The minimum atomic E-state index is 0.298. The second-order valence-corrected chi connectivity index (χ2v) is 4.37. The van der Waals surface area contributed by atoms with E-state index in [1.165, 1.54) is 0 Å². The Hall–Kier alpha value is -1.30. The molecule has 0 amide bonds. The number of benzene rings is 1. The van der Waals surface area contributed by atoms with Crippen molar-refractivity contribution in [1.82, 2.24) is 15.5 Å². The number of aromatic nitrogens is 2. The van der Waals surface area contributed by atoms with Crippen LogP contribution in [0.1, 0.15) is 12.8 Å². The molecule has 0 aliphatic heterocycles. The minimum Gasteiger partial charge on any atom is -0.406 e. The molecule has 0 radical (unpaired) electrons. The Morgan fingerprint density at radius 1 is 1.28 bits per heavy atom. The topological polar surface area (TPSA) is 63.0 Å². The Kier molecular flexibility index (Phi) is 4.41. The van der Waals surface area contributed by atoms with Gasteiger partial charge in [0.15, 0.2) is 0 Å². The van der Waals surface area contributed by atoms with Crippen LogP contribution in [0.3, 0.4) is 0 Å². The molecule has 5 nitrogen and oxygen atoms in total. The molecule has 2 aromatic rings. The quantitative estimate of drug-likeness (QED) is 0.884. The number of anilines is 2. The molecule has 1 heterocycles. The molecule has 2 rings (SSSR count). The normalized spacial score (nSPS) is 10.6. The summed E-state index contributed by atoms with van der Waals surface area (Å²) in [5, 5.41) is 14.9. The summed E-state index contributed by atoms with van der Waals surface area (Å²) < 4.78 is 5.39. The fourth-order valence-corrected chi connectivity index (χ4v) is 1.77. The van der Waals surface area contributed by atoms with Crippen LogP contribution in [0.25, 0.3) is 0 Å². The highest BCUT2D eigenvalue weighted by atomic mass is 35.5. The van der Waals surface area contributed by atoms with E-state index in [9.17, 15) is 0 Å². The van der Waals surface area contributed by atoms with Gasteiger partial charge in [-0.1, -0.05) is 35.2 Å². The van der Waals surface area contributed by atoms with E-state index in [4.69, 9.17) is 27.6 Å².